The smallest absolute Gasteiger partial charge is 0.263 e. The van der Waals surface area contributed by atoms with E-state index < -0.39 is 11.5 Å². The zero-order valence-electron chi connectivity index (χ0n) is 19.6. The third-order valence-corrected chi connectivity index (χ3v) is 6.73. The molecule has 0 aromatic carbocycles. The number of likely N-dealkylation sites (N-methyl/N-ethyl adjacent to an activating group) is 1. The maximum absolute atomic E-state index is 13.0. The highest BCUT2D eigenvalue weighted by atomic mass is 16.2. The molecule has 3 aromatic heterocycles. The van der Waals surface area contributed by atoms with E-state index in [1.54, 1.807) is 36.6 Å². The molecule has 182 valence electrons. The highest BCUT2D eigenvalue weighted by Gasteiger charge is 2.36. The second-order valence-corrected chi connectivity index (χ2v) is 9.20. The van der Waals surface area contributed by atoms with Crippen molar-refractivity contribution in [2.24, 2.45) is 5.92 Å². The van der Waals surface area contributed by atoms with E-state index in [4.69, 9.17) is 0 Å². The first-order chi connectivity index (χ1) is 17.0. The quantitative estimate of drug-likeness (QED) is 0.559. The lowest BCUT2D eigenvalue weighted by Gasteiger charge is -2.22. The van der Waals surface area contributed by atoms with Gasteiger partial charge in [0.2, 0.25) is 5.91 Å². The number of pyridine rings is 2. The van der Waals surface area contributed by atoms with Crippen LogP contribution >= 0.6 is 0 Å². The summed E-state index contributed by atoms with van der Waals surface area (Å²) in [7, 11) is 1.74. The van der Waals surface area contributed by atoms with Crippen molar-refractivity contribution in [3.8, 4) is 0 Å². The van der Waals surface area contributed by atoms with Crippen LogP contribution in [0.25, 0.3) is 0 Å². The van der Waals surface area contributed by atoms with Gasteiger partial charge in [0.05, 0.1) is 18.8 Å². The first-order valence-electron chi connectivity index (χ1n) is 11.7. The maximum atomic E-state index is 13.0. The summed E-state index contributed by atoms with van der Waals surface area (Å²) in [5.41, 5.74) is 1.45. The van der Waals surface area contributed by atoms with Crippen molar-refractivity contribution in [2.75, 3.05) is 33.2 Å². The first-order valence-corrected chi connectivity index (χ1v) is 11.7. The molecule has 1 fully saturated rings. The predicted molar refractivity (Wildman–Crippen MR) is 126 cm³/mol. The SMILES string of the molecule is CN1CCNC(=O)c2cccn(c2=O)Cc2cn(nn2)[C@@H]2CN(Cc3ccncc3)C[C@@H]2CC1=O. The summed E-state index contributed by atoms with van der Waals surface area (Å²) in [5.74, 6) is -0.395. The fourth-order valence-electron chi connectivity index (χ4n) is 4.81. The van der Waals surface area contributed by atoms with Crippen LogP contribution in [0, 0.1) is 5.92 Å². The van der Waals surface area contributed by atoms with Crippen LogP contribution in [-0.4, -0.2) is 79.4 Å². The minimum atomic E-state index is -0.455. The number of aromatic nitrogens is 5. The molecule has 3 aromatic rings. The molecular weight excluding hydrogens is 448 g/mol. The van der Waals surface area contributed by atoms with Crippen molar-refractivity contribution in [1.29, 1.82) is 0 Å². The Bertz CT molecular complexity index is 1270. The number of fused-ring (bicyclic) bond motifs is 6. The molecule has 0 unspecified atom stereocenters. The van der Waals surface area contributed by atoms with Gasteiger partial charge in [0, 0.05) is 70.7 Å². The van der Waals surface area contributed by atoms with Crippen molar-refractivity contribution in [3.05, 3.63) is 76.2 Å². The normalized spacial score (nSPS) is 21.6. The van der Waals surface area contributed by atoms with Crippen LogP contribution in [0.1, 0.15) is 34.1 Å². The van der Waals surface area contributed by atoms with E-state index >= 15 is 0 Å². The fraction of sp³-hybridized carbons (Fsp3) is 0.417. The average molecular weight is 477 g/mol. The zero-order chi connectivity index (χ0) is 24.4. The lowest BCUT2D eigenvalue weighted by molar-refractivity contribution is -0.131. The predicted octanol–water partition coefficient (Wildman–Crippen LogP) is 0.148. The molecule has 11 heteroatoms. The van der Waals surface area contributed by atoms with E-state index in [-0.39, 0.29) is 36.5 Å². The molecule has 1 saturated heterocycles. The van der Waals surface area contributed by atoms with Crippen LogP contribution in [0.4, 0.5) is 0 Å². The topological polar surface area (TPSA) is 118 Å². The Hall–Kier alpha value is -3.86. The van der Waals surface area contributed by atoms with Gasteiger partial charge >= 0.3 is 0 Å². The molecule has 2 amide bonds. The molecule has 0 spiro atoms. The number of hydrogen-bond acceptors (Lipinski definition) is 7. The number of rotatable bonds is 2. The van der Waals surface area contributed by atoms with E-state index in [1.165, 1.54) is 10.6 Å². The Morgan fingerprint density at radius 1 is 1.11 bits per heavy atom. The van der Waals surface area contributed by atoms with Gasteiger partial charge in [-0.3, -0.25) is 24.3 Å². The Kier molecular flexibility index (Phi) is 6.41. The highest BCUT2D eigenvalue weighted by Crippen LogP contribution is 2.31. The molecule has 0 radical (unpaired) electrons. The number of likely N-dealkylation sites (tertiary alicyclic amines) is 1. The molecule has 0 aliphatic carbocycles. The van der Waals surface area contributed by atoms with E-state index in [0.717, 1.165) is 25.2 Å². The summed E-state index contributed by atoms with van der Waals surface area (Å²) in [4.78, 5) is 46.5. The Morgan fingerprint density at radius 2 is 1.94 bits per heavy atom. The van der Waals surface area contributed by atoms with Crippen LogP contribution in [0.3, 0.4) is 0 Å². The molecule has 11 nitrogen and oxygen atoms in total. The van der Waals surface area contributed by atoms with Crippen LogP contribution in [0.15, 0.2) is 53.8 Å². The average Bonchev–Trinajstić information content (AvgIpc) is 3.47. The minimum Gasteiger partial charge on any atom is -0.350 e. The van der Waals surface area contributed by atoms with Crippen LogP contribution in [-0.2, 0) is 17.9 Å². The van der Waals surface area contributed by atoms with E-state index in [2.05, 4.69) is 25.5 Å². The second kappa shape index (κ2) is 9.79. The lowest BCUT2D eigenvalue weighted by atomic mass is 9.99. The van der Waals surface area contributed by atoms with Crippen LogP contribution < -0.4 is 10.9 Å². The molecule has 2 aliphatic heterocycles. The molecule has 4 bridgehead atoms. The molecule has 1 N–H and O–H groups in total. The molecular formula is C24H28N8O3. The van der Waals surface area contributed by atoms with Crippen LogP contribution in [0.5, 0.6) is 0 Å². The van der Waals surface area contributed by atoms with E-state index in [9.17, 15) is 14.4 Å². The number of carbonyl (C=O) groups excluding carboxylic acids is 2. The van der Waals surface area contributed by atoms with Crippen molar-refractivity contribution < 1.29 is 9.59 Å². The van der Waals surface area contributed by atoms with Gasteiger partial charge in [-0.2, -0.15) is 0 Å². The van der Waals surface area contributed by atoms with Crippen molar-refractivity contribution in [1.82, 2.24) is 39.7 Å². The summed E-state index contributed by atoms with van der Waals surface area (Å²) >= 11 is 0. The Morgan fingerprint density at radius 3 is 2.77 bits per heavy atom. The number of amides is 2. The van der Waals surface area contributed by atoms with Gasteiger partial charge in [-0.25, -0.2) is 4.68 Å². The summed E-state index contributed by atoms with van der Waals surface area (Å²) < 4.78 is 3.29. The van der Waals surface area contributed by atoms with E-state index in [1.807, 2.05) is 23.0 Å². The van der Waals surface area contributed by atoms with Gasteiger partial charge in [0.25, 0.3) is 11.5 Å². The lowest BCUT2D eigenvalue weighted by Crippen LogP contribution is -2.39. The van der Waals surface area contributed by atoms with Gasteiger partial charge in [0.15, 0.2) is 0 Å². The molecule has 35 heavy (non-hydrogen) atoms. The molecule has 5 rings (SSSR count). The number of carbonyl (C=O) groups is 2. The van der Waals surface area contributed by atoms with Crippen LogP contribution in [0.2, 0.25) is 0 Å². The molecule has 2 atom stereocenters. The summed E-state index contributed by atoms with van der Waals surface area (Å²) in [5, 5.41) is 11.4. The van der Waals surface area contributed by atoms with Crippen molar-refractivity contribution in [3.63, 3.8) is 0 Å². The summed E-state index contributed by atoms with van der Waals surface area (Å²) in [6.45, 7) is 3.07. The Balaban J connectivity index is 1.45. The summed E-state index contributed by atoms with van der Waals surface area (Å²) in [6, 6.07) is 7.14. The Labute approximate surface area is 202 Å². The third-order valence-electron chi connectivity index (χ3n) is 6.73. The number of nitrogens with zero attached hydrogens (tertiary/aromatic N) is 7. The van der Waals surface area contributed by atoms with E-state index in [0.29, 0.717) is 18.7 Å². The molecule has 5 heterocycles. The van der Waals surface area contributed by atoms with Gasteiger partial charge in [-0.05, 0) is 29.8 Å². The maximum Gasteiger partial charge on any atom is 0.263 e. The standard InChI is InChI=1S/C24H28N8O3/c1-29-10-8-26-23(34)20-3-2-9-31(24(20)35)14-19-15-32(28-27-19)21-16-30(13-18(21)11-22(29)33)12-17-4-6-25-7-5-17/h2-7,9,15,18,21H,8,10-14,16H2,1H3,(H,26,34)/t18-,21+/m0/s1. The van der Waals surface area contributed by atoms with Gasteiger partial charge in [0.1, 0.15) is 11.3 Å². The minimum absolute atomic E-state index is 0.00881. The van der Waals surface area contributed by atoms with Crippen molar-refractivity contribution in [2.45, 2.75) is 25.6 Å². The fourth-order valence-corrected chi connectivity index (χ4v) is 4.81. The zero-order valence-corrected chi connectivity index (χ0v) is 19.6. The first kappa shape index (κ1) is 22.9. The number of nitrogens with one attached hydrogen (secondary N) is 1. The number of hydrogen-bond donors (Lipinski definition) is 1. The third kappa shape index (κ3) is 4.99. The highest BCUT2D eigenvalue weighted by molar-refractivity contribution is 5.93. The largest absolute Gasteiger partial charge is 0.350 e. The molecule has 0 saturated carbocycles. The monoisotopic (exact) mass is 476 g/mol. The van der Waals surface area contributed by atoms with Gasteiger partial charge in [-0.15, -0.1) is 5.10 Å². The molecule has 2 aliphatic rings. The second-order valence-electron chi connectivity index (χ2n) is 9.20. The summed E-state index contributed by atoms with van der Waals surface area (Å²) in [6.07, 6.45) is 7.42. The van der Waals surface area contributed by atoms with Crippen molar-refractivity contribution >= 4 is 11.8 Å². The van der Waals surface area contributed by atoms with Gasteiger partial charge in [-0.1, -0.05) is 5.21 Å². The van der Waals surface area contributed by atoms with Gasteiger partial charge < -0.3 is 14.8 Å².